The van der Waals surface area contributed by atoms with E-state index in [1.807, 2.05) is 12.1 Å². The predicted octanol–water partition coefficient (Wildman–Crippen LogP) is 3.07. The van der Waals surface area contributed by atoms with Gasteiger partial charge in [-0.2, -0.15) is 5.26 Å². The summed E-state index contributed by atoms with van der Waals surface area (Å²) in [6.45, 7) is 0. The lowest BCUT2D eigenvalue weighted by Crippen LogP contribution is -1.95. The summed E-state index contributed by atoms with van der Waals surface area (Å²) in [7, 11) is 1.57. The lowest BCUT2D eigenvalue weighted by atomic mass is 10.1. The average molecular weight is 352 g/mol. The fraction of sp³-hybridized carbons (Fsp3) is 0.222. The van der Waals surface area contributed by atoms with Crippen LogP contribution in [0.1, 0.15) is 11.1 Å². The summed E-state index contributed by atoms with van der Waals surface area (Å²) >= 11 is 5.56. The number of hydrogen-bond donors (Lipinski definition) is 0. The van der Waals surface area contributed by atoms with Gasteiger partial charge >= 0.3 is 0 Å². The first-order chi connectivity index (χ1) is 6.24. The Morgan fingerprint density at radius 3 is 2.77 bits per heavy atom. The van der Waals surface area contributed by atoms with Gasteiger partial charge in [0.1, 0.15) is 11.8 Å². The van der Waals surface area contributed by atoms with Crippen molar-refractivity contribution >= 4 is 38.5 Å². The largest absolute Gasteiger partial charge is 0.495 e. The van der Waals surface area contributed by atoms with E-state index in [9.17, 15) is 0 Å². The molecule has 68 valence electrons. The van der Waals surface area contributed by atoms with Crippen molar-refractivity contribution in [2.45, 2.75) is 5.33 Å². The Bertz CT molecular complexity index is 359. The predicted molar refractivity (Wildman–Crippen MR) is 63.1 cm³/mol. The molecule has 2 nitrogen and oxygen atoms in total. The van der Waals surface area contributed by atoms with Gasteiger partial charge in [-0.25, -0.2) is 0 Å². The Hall–Kier alpha value is -0.280. The van der Waals surface area contributed by atoms with Gasteiger partial charge in [-0.1, -0.05) is 15.9 Å². The van der Waals surface area contributed by atoms with Crippen molar-refractivity contribution in [1.82, 2.24) is 0 Å². The van der Waals surface area contributed by atoms with Gasteiger partial charge in [-0.3, -0.25) is 0 Å². The van der Waals surface area contributed by atoms with Crippen molar-refractivity contribution in [3.05, 3.63) is 26.8 Å². The molecule has 0 bridgehead atoms. The van der Waals surface area contributed by atoms with E-state index in [0.29, 0.717) is 16.6 Å². The summed E-state index contributed by atoms with van der Waals surface area (Å²) in [5, 5.41) is 9.60. The number of methoxy groups -OCH3 is 1. The Morgan fingerprint density at radius 2 is 2.31 bits per heavy atom. The lowest BCUT2D eigenvalue weighted by Gasteiger charge is -2.07. The lowest BCUT2D eigenvalue weighted by molar-refractivity contribution is 0.413. The highest BCUT2D eigenvalue weighted by Gasteiger charge is 2.10. The van der Waals surface area contributed by atoms with Crippen LogP contribution in [-0.2, 0) is 5.33 Å². The molecule has 13 heavy (non-hydrogen) atoms. The highest BCUT2D eigenvalue weighted by Crippen LogP contribution is 2.27. The molecule has 0 saturated heterocycles. The fourth-order valence-corrected chi connectivity index (χ4v) is 2.77. The van der Waals surface area contributed by atoms with Crippen LogP contribution in [-0.4, -0.2) is 7.11 Å². The maximum atomic E-state index is 8.93. The Balaban J connectivity index is 3.39. The molecule has 0 aliphatic carbocycles. The second-order valence-electron chi connectivity index (χ2n) is 2.35. The third-order valence-corrected chi connectivity index (χ3v) is 3.25. The molecule has 1 aromatic rings. The van der Waals surface area contributed by atoms with Gasteiger partial charge in [-0.05, 0) is 40.3 Å². The molecule has 0 aromatic heterocycles. The maximum Gasteiger partial charge on any atom is 0.137 e. The van der Waals surface area contributed by atoms with Gasteiger partial charge in [0.15, 0.2) is 0 Å². The van der Waals surface area contributed by atoms with Gasteiger partial charge < -0.3 is 4.74 Å². The number of benzene rings is 1. The molecular formula is C9H7BrINO. The average Bonchev–Trinajstić information content (AvgIpc) is 2.17. The summed E-state index contributed by atoms with van der Waals surface area (Å²) in [6, 6.07) is 5.90. The van der Waals surface area contributed by atoms with E-state index in [1.165, 1.54) is 0 Å². The van der Waals surface area contributed by atoms with Gasteiger partial charge in [0.2, 0.25) is 0 Å². The van der Waals surface area contributed by atoms with E-state index in [2.05, 4.69) is 44.6 Å². The van der Waals surface area contributed by atoms with E-state index in [-0.39, 0.29) is 0 Å². The molecule has 0 N–H and O–H groups in total. The number of alkyl halides is 1. The minimum atomic E-state index is 0.617. The second-order valence-corrected chi connectivity index (χ2v) is 4.07. The van der Waals surface area contributed by atoms with E-state index < -0.39 is 0 Å². The molecule has 0 unspecified atom stereocenters. The quantitative estimate of drug-likeness (QED) is 0.606. The molecule has 1 aromatic carbocycles. The van der Waals surface area contributed by atoms with Crippen molar-refractivity contribution < 1.29 is 4.74 Å². The molecule has 0 saturated carbocycles. The van der Waals surface area contributed by atoms with E-state index >= 15 is 0 Å². The van der Waals surface area contributed by atoms with Crippen molar-refractivity contribution in [2.75, 3.05) is 7.11 Å². The molecule has 1 rings (SSSR count). The van der Waals surface area contributed by atoms with Crippen molar-refractivity contribution in [3.63, 3.8) is 0 Å². The first kappa shape index (κ1) is 10.8. The Morgan fingerprint density at radius 1 is 1.62 bits per heavy atom. The minimum Gasteiger partial charge on any atom is -0.495 e. The molecule has 0 spiro atoms. The number of ether oxygens (including phenoxy) is 1. The zero-order chi connectivity index (χ0) is 9.84. The van der Waals surface area contributed by atoms with E-state index in [4.69, 9.17) is 10.00 Å². The third-order valence-electron chi connectivity index (χ3n) is 1.68. The minimum absolute atomic E-state index is 0.617. The summed E-state index contributed by atoms with van der Waals surface area (Å²) < 4.78 is 6.16. The summed E-state index contributed by atoms with van der Waals surface area (Å²) in [5.74, 6) is 0.636. The molecule has 0 amide bonds. The van der Waals surface area contributed by atoms with Gasteiger partial charge in [0.05, 0.1) is 12.7 Å². The third kappa shape index (κ3) is 2.15. The van der Waals surface area contributed by atoms with Crippen LogP contribution in [0, 0.1) is 14.9 Å². The normalized spacial score (nSPS) is 9.38. The van der Waals surface area contributed by atoms with Crippen LogP contribution in [0.5, 0.6) is 5.75 Å². The van der Waals surface area contributed by atoms with E-state index in [0.717, 1.165) is 9.13 Å². The molecule has 0 radical (unpaired) electrons. The molecule has 0 fully saturated rings. The first-order valence-electron chi connectivity index (χ1n) is 3.56. The van der Waals surface area contributed by atoms with Crippen LogP contribution in [0.3, 0.4) is 0 Å². The zero-order valence-corrected chi connectivity index (χ0v) is 10.7. The number of nitrogens with zero attached hydrogens (tertiary/aromatic N) is 1. The maximum absolute atomic E-state index is 8.93. The van der Waals surface area contributed by atoms with Gasteiger partial charge in [-0.15, -0.1) is 0 Å². The first-order valence-corrected chi connectivity index (χ1v) is 5.76. The van der Waals surface area contributed by atoms with Crippen LogP contribution in [0.4, 0.5) is 0 Å². The van der Waals surface area contributed by atoms with Crippen LogP contribution in [0.25, 0.3) is 0 Å². The summed E-state index contributed by atoms with van der Waals surface area (Å²) in [6.07, 6.45) is 0. The monoisotopic (exact) mass is 351 g/mol. The van der Waals surface area contributed by atoms with Crippen LogP contribution >= 0.6 is 38.5 Å². The van der Waals surface area contributed by atoms with Gasteiger partial charge in [0, 0.05) is 8.90 Å². The van der Waals surface area contributed by atoms with Gasteiger partial charge in [0.25, 0.3) is 0 Å². The van der Waals surface area contributed by atoms with Crippen LogP contribution < -0.4 is 4.74 Å². The zero-order valence-electron chi connectivity index (χ0n) is 6.97. The highest BCUT2D eigenvalue weighted by atomic mass is 127. The molecule has 4 heteroatoms. The molecule has 0 atom stereocenters. The second kappa shape index (κ2) is 4.82. The van der Waals surface area contributed by atoms with E-state index in [1.54, 1.807) is 7.11 Å². The standard InChI is InChI=1S/C9H7BrINO/c1-13-9-3-2-8(11)6(4-10)7(9)5-12/h2-3H,4H2,1H3. The molecular weight excluding hydrogens is 345 g/mol. The topological polar surface area (TPSA) is 33.0 Å². The SMILES string of the molecule is COc1ccc(I)c(CBr)c1C#N. The fourth-order valence-electron chi connectivity index (χ4n) is 1.02. The number of hydrogen-bond acceptors (Lipinski definition) is 2. The molecule has 0 heterocycles. The number of rotatable bonds is 2. The smallest absolute Gasteiger partial charge is 0.137 e. The highest BCUT2D eigenvalue weighted by molar-refractivity contribution is 14.1. The summed E-state index contributed by atoms with van der Waals surface area (Å²) in [5.41, 5.74) is 1.61. The van der Waals surface area contributed by atoms with Crippen molar-refractivity contribution in [3.8, 4) is 11.8 Å². The molecule has 0 aliphatic heterocycles. The summed E-state index contributed by atoms with van der Waals surface area (Å²) in [4.78, 5) is 0. The molecule has 0 aliphatic rings. The van der Waals surface area contributed by atoms with Crippen LogP contribution in [0.15, 0.2) is 12.1 Å². The van der Waals surface area contributed by atoms with Crippen molar-refractivity contribution in [2.24, 2.45) is 0 Å². The number of nitriles is 1. The Kier molecular flexibility index (Phi) is 4.00. The Labute approximate surface area is 99.2 Å². The van der Waals surface area contributed by atoms with Crippen LogP contribution in [0.2, 0.25) is 0 Å². The number of halogens is 2. The van der Waals surface area contributed by atoms with Crippen molar-refractivity contribution in [1.29, 1.82) is 5.26 Å².